The third-order valence-corrected chi connectivity index (χ3v) is 5.55. The van der Waals surface area contributed by atoms with Gasteiger partial charge in [-0.25, -0.2) is 0 Å². The van der Waals surface area contributed by atoms with Crippen LogP contribution in [0, 0.1) is 20.2 Å². The van der Waals surface area contributed by atoms with Crippen molar-refractivity contribution in [2.75, 3.05) is 32.7 Å². The molecule has 2 aromatic carbocycles. The van der Waals surface area contributed by atoms with E-state index in [-0.39, 0.29) is 21.2 Å². The zero-order chi connectivity index (χ0) is 20.8. The fraction of sp³-hybridized carbons (Fsp3) is 0.429. The quantitative estimate of drug-likeness (QED) is 0.500. The van der Waals surface area contributed by atoms with Crippen molar-refractivity contribution in [2.24, 2.45) is 0 Å². The molecular formula is C21H26N4O4. The highest BCUT2D eigenvalue weighted by atomic mass is 16.6. The summed E-state index contributed by atoms with van der Waals surface area (Å²) in [6, 6.07) is 14.0. The fourth-order valence-corrected chi connectivity index (χ4v) is 3.73. The Morgan fingerprint density at radius 2 is 1.31 bits per heavy atom. The summed E-state index contributed by atoms with van der Waals surface area (Å²) in [5.74, 6) is 0. The summed E-state index contributed by atoms with van der Waals surface area (Å²) in [7, 11) is 0. The molecule has 1 aliphatic rings. The molecule has 29 heavy (non-hydrogen) atoms. The lowest BCUT2D eigenvalue weighted by Crippen LogP contribution is -2.52. The molecular weight excluding hydrogens is 372 g/mol. The van der Waals surface area contributed by atoms with E-state index in [1.54, 1.807) is 24.3 Å². The number of non-ortho nitro benzene ring substituents is 2. The van der Waals surface area contributed by atoms with Gasteiger partial charge >= 0.3 is 0 Å². The molecule has 0 aromatic heterocycles. The van der Waals surface area contributed by atoms with Crippen LogP contribution in [0.1, 0.15) is 18.1 Å². The average molecular weight is 398 g/mol. The SMILES string of the molecule is C[C@@H]1CN(CCc2ccc([N+](=O)[O-])cc2)CCN1CCc1ccc([N+](=O)[O-])cc1. The highest BCUT2D eigenvalue weighted by Gasteiger charge is 2.23. The number of benzene rings is 2. The first-order valence-corrected chi connectivity index (χ1v) is 9.85. The van der Waals surface area contributed by atoms with Crippen LogP contribution in [0.15, 0.2) is 48.5 Å². The summed E-state index contributed by atoms with van der Waals surface area (Å²) in [5.41, 5.74) is 2.49. The van der Waals surface area contributed by atoms with Gasteiger partial charge in [-0.3, -0.25) is 25.1 Å². The molecule has 1 fully saturated rings. The molecule has 1 atom stereocenters. The molecule has 1 heterocycles. The van der Waals surface area contributed by atoms with Gasteiger partial charge in [-0.15, -0.1) is 0 Å². The second-order valence-electron chi connectivity index (χ2n) is 7.53. The van der Waals surface area contributed by atoms with Crippen LogP contribution in [0.3, 0.4) is 0 Å². The van der Waals surface area contributed by atoms with Gasteiger partial charge in [0.2, 0.25) is 0 Å². The number of rotatable bonds is 8. The molecule has 0 saturated carbocycles. The minimum absolute atomic E-state index is 0.128. The van der Waals surface area contributed by atoms with E-state index in [0.717, 1.165) is 56.7 Å². The average Bonchev–Trinajstić information content (AvgIpc) is 2.72. The zero-order valence-corrected chi connectivity index (χ0v) is 16.6. The van der Waals surface area contributed by atoms with Crippen molar-refractivity contribution in [3.63, 3.8) is 0 Å². The van der Waals surface area contributed by atoms with Gasteiger partial charge in [0, 0.05) is 63.0 Å². The van der Waals surface area contributed by atoms with Crippen molar-refractivity contribution in [1.29, 1.82) is 0 Å². The molecule has 1 aliphatic heterocycles. The number of nitro benzene ring substituents is 2. The van der Waals surface area contributed by atoms with Gasteiger partial charge in [0.05, 0.1) is 9.85 Å². The van der Waals surface area contributed by atoms with E-state index in [1.165, 1.54) is 0 Å². The summed E-state index contributed by atoms with van der Waals surface area (Å²) in [6.45, 7) is 7.10. The van der Waals surface area contributed by atoms with Gasteiger partial charge in [-0.1, -0.05) is 24.3 Å². The Labute approximate surface area is 170 Å². The third kappa shape index (κ3) is 5.82. The molecule has 0 bridgehead atoms. The van der Waals surface area contributed by atoms with Crippen molar-refractivity contribution >= 4 is 11.4 Å². The maximum absolute atomic E-state index is 10.7. The van der Waals surface area contributed by atoms with Crippen LogP contribution in [0.5, 0.6) is 0 Å². The lowest BCUT2D eigenvalue weighted by molar-refractivity contribution is -0.385. The minimum Gasteiger partial charge on any atom is -0.300 e. The van der Waals surface area contributed by atoms with E-state index in [2.05, 4.69) is 16.7 Å². The highest BCUT2D eigenvalue weighted by Crippen LogP contribution is 2.16. The van der Waals surface area contributed by atoms with Gasteiger partial charge in [0.1, 0.15) is 0 Å². The van der Waals surface area contributed by atoms with Crippen LogP contribution in [-0.4, -0.2) is 58.4 Å². The largest absolute Gasteiger partial charge is 0.300 e. The zero-order valence-electron chi connectivity index (χ0n) is 16.6. The van der Waals surface area contributed by atoms with E-state index >= 15 is 0 Å². The predicted octanol–water partition coefficient (Wildman–Crippen LogP) is 3.29. The molecule has 3 rings (SSSR count). The topological polar surface area (TPSA) is 92.8 Å². The number of nitrogens with zero attached hydrogens (tertiary/aromatic N) is 4. The first-order chi connectivity index (χ1) is 13.9. The molecule has 0 radical (unpaired) electrons. The van der Waals surface area contributed by atoms with Crippen LogP contribution in [0.25, 0.3) is 0 Å². The summed E-state index contributed by atoms with van der Waals surface area (Å²) in [4.78, 5) is 25.6. The van der Waals surface area contributed by atoms with E-state index in [0.29, 0.717) is 6.04 Å². The Bertz CT molecular complexity index is 839. The normalized spacial score (nSPS) is 17.9. The molecule has 0 amide bonds. The number of hydrogen-bond acceptors (Lipinski definition) is 6. The van der Waals surface area contributed by atoms with Crippen LogP contribution in [0.4, 0.5) is 11.4 Å². The number of nitro groups is 2. The molecule has 0 spiro atoms. The monoisotopic (exact) mass is 398 g/mol. The van der Waals surface area contributed by atoms with Crippen molar-refractivity contribution in [3.05, 3.63) is 79.9 Å². The Hall–Kier alpha value is -2.84. The Balaban J connectivity index is 1.42. The molecule has 8 nitrogen and oxygen atoms in total. The van der Waals surface area contributed by atoms with E-state index in [9.17, 15) is 20.2 Å². The molecule has 1 saturated heterocycles. The Morgan fingerprint density at radius 1 is 0.828 bits per heavy atom. The van der Waals surface area contributed by atoms with E-state index in [4.69, 9.17) is 0 Å². The lowest BCUT2D eigenvalue weighted by atomic mass is 10.1. The maximum atomic E-state index is 10.7. The molecule has 2 aromatic rings. The minimum atomic E-state index is -0.374. The van der Waals surface area contributed by atoms with Gasteiger partial charge in [0.15, 0.2) is 0 Å². The number of piperazine rings is 1. The van der Waals surface area contributed by atoms with Crippen LogP contribution >= 0.6 is 0 Å². The van der Waals surface area contributed by atoms with E-state index in [1.807, 2.05) is 24.3 Å². The first-order valence-electron chi connectivity index (χ1n) is 9.85. The van der Waals surface area contributed by atoms with Gasteiger partial charge in [-0.2, -0.15) is 0 Å². The fourth-order valence-electron chi connectivity index (χ4n) is 3.73. The van der Waals surface area contributed by atoms with Crippen molar-refractivity contribution in [3.8, 4) is 0 Å². The first kappa shape index (κ1) is 20.9. The highest BCUT2D eigenvalue weighted by molar-refractivity contribution is 5.33. The molecule has 0 aliphatic carbocycles. The van der Waals surface area contributed by atoms with Gasteiger partial charge < -0.3 is 4.90 Å². The molecule has 8 heteroatoms. The Morgan fingerprint density at radius 3 is 1.76 bits per heavy atom. The summed E-state index contributed by atoms with van der Waals surface area (Å²) < 4.78 is 0. The van der Waals surface area contributed by atoms with E-state index < -0.39 is 0 Å². The molecule has 0 unspecified atom stereocenters. The van der Waals surface area contributed by atoms with Crippen LogP contribution in [0.2, 0.25) is 0 Å². The van der Waals surface area contributed by atoms with Crippen LogP contribution < -0.4 is 0 Å². The summed E-state index contributed by atoms with van der Waals surface area (Å²) >= 11 is 0. The van der Waals surface area contributed by atoms with Crippen molar-refractivity contribution in [2.45, 2.75) is 25.8 Å². The van der Waals surface area contributed by atoms with Crippen LogP contribution in [-0.2, 0) is 12.8 Å². The summed E-state index contributed by atoms with van der Waals surface area (Å²) in [5, 5.41) is 21.5. The number of hydrogen-bond donors (Lipinski definition) is 0. The second kappa shape index (κ2) is 9.58. The smallest absolute Gasteiger partial charge is 0.269 e. The van der Waals surface area contributed by atoms with Crippen molar-refractivity contribution < 1.29 is 9.85 Å². The molecule has 154 valence electrons. The van der Waals surface area contributed by atoms with Crippen molar-refractivity contribution in [1.82, 2.24) is 9.80 Å². The predicted molar refractivity (Wildman–Crippen MR) is 111 cm³/mol. The third-order valence-electron chi connectivity index (χ3n) is 5.55. The van der Waals surface area contributed by atoms with Gasteiger partial charge in [0.25, 0.3) is 11.4 Å². The maximum Gasteiger partial charge on any atom is 0.269 e. The standard InChI is InChI=1S/C21H26N4O4/c1-17-16-22(12-10-18-2-6-20(7-3-18)24(26)27)14-15-23(17)13-11-19-4-8-21(9-5-19)25(28)29/h2-9,17H,10-16H2,1H3/t17-/m1/s1. The lowest BCUT2D eigenvalue weighted by Gasteiger charge is -2.40. The summed E-state index contributed by atoms with van der Waals surface area (Å²) in [6.07, 6.45) is 1.76. The second-order valence-corrected chi connectivity index (χ2v) is 7.53. The van der Waals surface area contributed by atoms with Gasteiger partial charge in [-0.05, 0) is 30.9 Å². The Kier molecular flexibility index (Phi) is 6.90. The molecule has 0 N–H and O–H groups in total.